The zero-order valence-electron chi connectivity index (χ0n) is 9.66. The van der Waals surface area contributed by atoms with Crippen molar-refractivity contribution < 1.29 is 13.5 Å². The predicted molar refractivity (Wildman–Crippen MR) is 62.1 cm³/mol. The number of halogens is 2. The lowest BCUT2D eigenvalue weighted by atomic mass is 10.2. The highest BCUT2D eigenvalue weighted by molar-refractivity contribution is 5.27. The molecule has 0 aliphatic heterocycles. The zero-order chi connectivity index (χ0) is 12.1. The van der Waals surface area contributed by atoms with Crippen LogP contribution in [0.4, 0.5) is 8.78 Å². The Labute approximate surface area is 100.0 Å². The summed E-state index contributed by atoms with van der Waals surface area (Å²) in [5, 5.41) is 3.34. The molecule has 1 aliphatic rings. The molecule has 1 aliphatic carbocycles. The van der Waals surface area contributed by atoms with Crippen molar-refractivity contribution in [1.29, 1.82) is 0 Å². The van der Waals surface area contributed by atoms with E-state index in [1.807, 2.05) is 12.1 Å². The molecule has 0 amide bonds. The molecule has 1 aromatic rings. The van der Waals surface area contributed by atoms with Gasteiger partial charge in [0.05, 0.1) is 0 Å². The van der Waals surface area contributed by atoms with Gasteiger partial charge >= 0.3 is 6.61 Å². The van der Waals surface area contributed by atoms with E-state index in [0.717, 1.165) is 24.6 Å². The molecule has 1 saturated carbocycles. The fourth-order valence-electron chi connectivity index (χ4n) is 1.73. The van der Waals surface area contributed by atoms with Crippen LogP contribution in [0.15, 0.2) is 24.3 Å². The Kier molecular flexibility index (Phi) is 4.31. The van der Waals surface area contributed by atoms with Gasteiger partial charge in [-0.05, 0) is 36.6 Å². The van der Waals surface area contributed by atoms with Crippen LogP contribution in [-0.2, 0) is 6.54 Å². The molecule has 0 atom stereocenters. The summed E-state index contributed by atoms with van der Waals surface area (Å²) in [7, 11) is 0. The van der Waals surface area contributed by atoms with Gasteiger partial charge in [0.15, 0.2) is 0 Å². The molecule has 0 bridgehead atoms. The highest BCUT2D eigenvalue weighted by Crippen LogP contribution is 2.31. The molecule has 4 heteroatoms. The molecular weight excluding hydrogens is 224 g/mol. The molecule has 1 N–H and O–H groups in total. The Hall–Kier alpha value is -1.16. The normalized spacial score (nSPS) is 15.2. The summed E-state index contributed by atoms with van der Waals surface area (Å²) in [5.74, 6) is 1.14. The van der Waals surface area contributed by atoms with E-state index in [0.29, 0.717) is 0 Å². The predicted octanol–water partition coefficient (Wildman–Crippen LogP) is 3.18. The molecule has 0 aromatic heterocycles. The average Bonchev–Trinajstić information content (AvgIpc) is 3.10. The highest BCUT2D eigenvalue weighted by atomic mass is 19.3. The van der Waals surface area contributed by atoms with E-state index in [-0.39, 0.29) is 5.75 Å². The first kappa shape index (κ1) is 12.3. The van der Waals surface area contributed by atoms with Crippen molar-refractivity contribution in [3.05, 3.63) is 29.8 Å². The van der Waals surface area contributed by atoms with Crippen molar-refractivity contribution in [3.8, 4) is 5.75 Å². The Morgan fingerprint density at radius 1 is 1.24 bits per heavy atom. The summed E-state index contributed by atoms with van der Waals surface area (Å²) in [5.41, 5.74) is 1.09. The summed E-state index contributed by atoms with van der Waals surface area (Å²) in [6.07, 6.45) is 4.00. The number of benzene rings is 1. The summed E-state index contributed by atoms with van der Waals surface area (Å²) in [6.45, 7) is -0.945. The lowest BCUT2D eigenvalue weighted by Crippen LogP contribution is -2.15. The lowest BCUT2D eigenvalue weighted by Gasteiger charge is -2.07. The van der Waals surface area contributed by atoms with Crippen molar-refractivity contribution in [2.24, 2.45) is 5.92 Å². The second-order valence-electron chi connectivity index (χ2n) is 4.43. The Bertz CT molecular complexity index is 336. The van der Waals surface area contributed by atoms with Crippen LogP contribution in [0, 0.1) is 5.92 Å². The van der Waals surface area contributed by atoms with E-state index in [1.165, 1.54) is 19.3 Å². The van der Waals surface area contributed by atoms with Gasteiger partial charge in [-0.15, -0.1) is 0 Å². The third kappa shape index (κ3) is 4.69. The molecule has 17 heavy (non-hydrogen) atoms. The van der Waals surface area contributed by atoms with Crippen LogP contribution in [0.25, 0.3) is 0 Å². The Morgan fingerprint density at radius 3 is 2.53 bits per heavy atom. The van der Waals surface area contributed by atoms with Gasteiger partial charge in [0.2, 0.25) is 0 Å². The van der Waals surface area contributed by atoms with Crippen LogP contribution >= 0.6 is 0 Å². The number of nitrogens with one attached hydrogen (secondary N) is 1. The molecule has 0 saturated heterocycles. The summed E-state index contributed by atoms with van der Waals surface area (Å²) >= 11 is 0. The molecule has 1 fully saturated rings. The number of alkyl halides is 2. The smallest absolute Gasteiger partial charge is 0.387 e. The SMILES string of the molecule is FC(F)Oc1ccc(CNCCC2CC2)cc1. The molecule has 0 radical (unpaired) electrons. The lowest BCUT2D eigenvalue weighted by molar-refractivity contribution is -0.0498. The quantitative estimate of drug-likeness (QED) is 0.740. The van der Waals surface area contributed by atoms with Gasteiger partial charge in [-0.25, -0.2) is 0 Å². The fourth-order valence-corrected chi connectivity index (χ4v) is 1.73. The minimum absolute atomic E-state index is 0.210. The summed E-state index contributed by atoms with van der Waals surface area (Å²) in [4.78, 5) is 0. The van der Waals surface area contributed by atoms with E-state index in [1.54, 1.807) is 12.1 Å². The van der Waals surface area contributed by atoms with Crippen LogP contribution in [0.3, 0.4) is 0 Å². The Balaban J connectivity index is 1.69. The monoisotopic (exact) mass is 241 g/mol. The number of hydrogen-bond acceptors (Lipinski definition) is 2. The number of ether oxygens (including phenoxy) is 1. The minimum Gasteiger partial charge on any atom is -0.435 e. The van der Waals surface area contributed by atoms with Crippen LogP contribution in [0.1, 0.15) is 24.8 Å². The first-order chi connectivity index (χ1) is 8.24. The fraction of sp³-hybridized carbons (Fsp3) is 0.538. The van der Waals surface area contributed by atoms with Crippen LogP contribution in [0.5, 0.6) is 5.75 Å². The largest absolute Gasteiger partial charge is 0.435 e. The van der Waals surface area contributed by atoms with Gasteiger partial charge in [0.1, 0.15) is 5.75 Å². The molecule has 1 aromatic carbocycles. The van der Waals surface area contributed by atoms with Gasteiger partial charge in [0, 0.05) is 6.54 Å². The molecule has 2 rings (SSSR count). The first-order valence-corrected chi connectivity index (χ1v) is 5.98. The standard InChI is InChI=1S/C13H17F2NO/c14-13(15)17-12-5-3-11(4-6-12)9-16-8-7-10-1-2-10/h3-6,10,13,16H,1-2,7-9H2. The van der Waals surface area contributed by atoms with Gasteiger partial charge in [-0.1, -0.05) is 25.0 Å². The topological polar surface area (TPSA) is 21.3 Å². The average molecular weight is 241 g/mol. The van der Waals surface area contributed by atoms with Crippen molar-refractivity contribution in [2.45, 2.75) is 32.4 Å². The van der Waals surface area contributed by atoms with Crippen LogP contribution in [-0.4, -0.2) is 13.2 Å². The molecule has 0 heterocycles. The number of rotatable bonds is 7. The molecule has 0 spiro atoms. The Morgan fingerprint density at radius 2 is 1.94 bits per heavy atom. The van der Waals surface area contributed by atoms with Gasteiger partial charge in [-0.3, -0.25) is 0 Å². The number of hydrogen-bond donors (Lipinski definition) is 1. The van der Waals surface area contributed by atoms with E-state index in [4.69, 9.17) is 0 Å². The van der Waals surface area contributed by atoms with Crippen molar-refractivity contribution in [3.63, 3.8) is 0 Å². The van der Waals surface area contributed by atoms with E-state index < -0.39 is 6.61 Å². The van der Waals surface area contributed by atoms with Crippen molar-refractivity contribution in [2.75, 3.05) is 6.54 Å². The maximum atomic E-state index is 11.9. The molecule has 0 unspecified atom stereocenters. The van der Waals surface area contributed by atoms with Crippen molar-refractivity contribution in [1.82, 2.24) is 5.32 Å². The molecule has 94 valence electrons. The van der Waals surface area contributed by atoms with E-state index in [2.05, 4.69) is 10.1 Å². The summed E-state index contributed by atoms with van der Waals surface area (Å²) < 4.78 is 28.1. The van der Waals surface area contributed by atoms with Crippen LogP contribution < -0.4 is 10.1 Å². The highest BCUT2D eigenvalue weighted by Gasteiger charge is 2.19. The third-order valence-corrected chi connectivity index (χ3v) is 2.90. The summed E-state index contributed by atoms with van der Waals surface area (Å²) in [6, 6.07) is 6.76. The van der Waals surface area contributed by atoms with Crippen LogP contribution in [0.2, 0.25) is 0 Å². The third-order valence-electron chi connectivity index (χ3n) is 2.90. The first-order valence-electron chi connectivity index (χ1n) is 5.98. The van der Waals surface area contributed by atoms with Crippen molar-refractivity contribution >= 4 is 0 Å². The maximum absolute atomic E-state index is 11.9. The van der Waals surface area contributed by atoms with Gasteiger partial charge < -0.3 is 10.1 Å². The molecule has 2 nitrogen and oxygen atoms in total. The minimum atomic E-state index is -2.75. The zero-order valence-corrected chi connectivity index (χ0v) is 9.66. The van der Waals surface area contributed by atoms with E-state index >= 15 is 0 Å². The van der Waals surface area contributed by atoms with Gasteiger partial charge in [-0.2, -0.15) is 8.78 Å². The second kappa shape index (κ2) is 5.96. The van der Waals surface area contributed by atoms with Gasteiger partial charge in [0.25, 0.3) is 0 Å². The molecular formula is C13H17F2NO. The van der Waals surface area contributed by atoms with E-state index in [9.17, 15) is 8.78 Å². The maximum Gasteiger partial charge on any atom is 0.387 e. The second-order valence-corrected chi connectivity index (χ2v) is 4.43.